The van der Waals surface area contributed by atoms with E-state index in [0.29, 0.717) is 10.8 Å². The molecule has 0 unspecified atom stereocenters. The summed E-state index contributed by atoms with van der Waals surface area (Å²) in [6.07, 6.45) is 3.48. The molecule has 0 amide bonds. The van der Waals surface area contributed by atoms with Gasteiger partial charge in [0.15, 0.2) is 5.82 Å². The van der Waals surface area contributed by atoms with Gasteiger partial charge in [0.1, 0.15) is 17.2 Å². The Morgan fingerprint density at radius 3 is 2.83 bits per heavy atom. The summed E-state index contributed by atoms with van der Waals surface area (Å²) in [6, 6.07) is 8.08. The van der Waals surface area contributed by atoms with E-state index in [1.54, 1.807) is 0 Å². The number of nitrogen functional groups attached to an aromatic ring is 1. The van der Waals surface area contributed by atoms with Crippen molar-refractivity contribution in [2.75, 3.05) is 11.1 Å². The third kappa shape index (κ3) is 2.71. The lowest BCUT2D eigenvalue weighted by atomic mass is 10.1. The zero-order valence-corrected chi connectivity index (χ0v) is 10.9. The predicted octanol–water partition coefficient (Wildman–Crippen LogP) is 3.41. The van der Waals surface area contributed by atoms with E-state index in [2.05, 4.69) is 28.3 Å². The Hall–Kier alpha value is -1.81. The molecule has 1 aromatic heterocycles. The number of nitrogens with one attached hydrogen (secondary N) is 1. The molecular weight excluding hydrogens is 248 g/mol. The molecule has 2 rings (SSSR count). The van der Waals surface area contributed by atoms with Crippen LogP contribution in [-0.4, -0.2) is 9.97 Å². The molecule has 2 aromatic rings. The van der Waals surface area contributed by atoms with Crippen LogP contribution in [0.1, 0.15) is 18.9 Å². The van der Waals surface area contributed by atoms with Gasteiger partial charge in [-0.1, -0.05) is 43.1 Å². The number of anilines is 3. The Morgan fingerprint density at radius 1 is 1.28 bits per heavy atom. The molecule has 1 aromatic carbocycles. The molecule has 18 heavy (non-hydrogen) atoms. The molecule has 0 fully saturated rings. The van der Waals surface area contributed by atoms with E-state index in [1.807, 2.05) is 18.2 Å². The number of hydrogen-bond donors (Lipinski definition) is 2. The van der Waals surface area contributed by atoms with Crippen molar-refractivity contribution in [2.45, 2.75) is 19.8 Å². The van der Waals surface area contributed by atoms with Crippen molar-refractivity contribution in [3.05, 3.63) is 41.2 Å². The molecule has 0 radical (unpaired) electrons. The number of rotatable bonds is 4. The Bertz CT molecular complexity index is 542. The average Bonchev–Trinajstić information content (AvgIpc) is 2.37. The highest BCUT2D eigenvalue weighted by Crippen LogP contribution is 2.28. The number of nitrogens with two attached hydrogens (primary N) is 1. The lowest BCUT2D eigenvalue weighted by Gasteiger charge is -2.12. The highest BCUT2D eigenvalue weighted by molar-refractivity contribution is 6.35. The smallest absolute Gasteiger partial charge is 0.154 e. The first-order chi connectivity index (χ1) is 8.72. The summed E-state index contributed by atoms with van der Waals surface area (Å²) in [5, 5.41) is 3.55. The van der Waals surface area contributed by atoms with Crippen molar-refractivity contribution in [2.24, 2.45) is 0 Å². The quantitative estimate of drug-likeness (QED) is 0.886. The van der Waals surface area contributed by atoms with Crippen LogP contribution in [0.25, 0.3) is 0 Å². The van der Waals surface area contributed by atoms with Crippen LogP contribution in [0.4, 0.5) is 17.3 Å². The normalized spacial score (nSPS) is 10.3. The first kappa shape index (κ1) is 12.6. The minimum atomic E-state index is 0.280. The highest BCUT2D eigenvalue weighted by atomic mass is 35.5. The summed E-state index contributed by atoms with van der Waals surface area (Å²) in [6.45, 7) is 2.15. The van der Waals surface area contributed by atoms with Crippen LogP contribution >= 0.6 is 11.6 Å². The van der Waals surface area contributed by atoms with E-state index in [0.717, 1.165) is 18.5 Å². The molecule has 94 valence electrons. The number of benzene rings is 1. The van der Waals surface area contributed by atoms with Crippen LogP contribution in [0.3, 0.4) is 0 Å². The monoisotopic (exact) mass is 262 g/mol. The third-order valence-corrected chi connectivity index (χ3v) is 2.98. The predicted molar refractivity (Wildman–Crippen MR) is 75.2 cm³/mol. The van der Waals surface area contributed by atoms with E-state index >= 15 is 0 Å². The summed E-state index contributed by atoms with van der Waals surface area (Å²) in [5.74, 6) is 0.815. The van der Waals surface area contributed by atoms with Gasteiger partial charge in [0.2, 0.25) is 0 Å². The molecule has 0 saturated carbocycles. The second kappa shape index (κ2) is 5.69. The molecule has 1 heterocycles. The molecule has 0 aliphatic carbocycles. The van der Waals surface area contributed by atoms with Crippen LogP contribution in [0, 0.1) is 0 Å². The van der Waals surface area contributed by atoms with E-state index in [1.165, 1.54) is 11.9 Å². The zero-order valence-electron chi connectivity index (χ0n) is 10.2. The molecule has 0 atom stereocenters. The van der Waals surface area contributed by atoms with Gasteiger partial charge in [0, 0.05) is 5.69 Å². The fourth-order valence-corrected chi connectivity index (χ4v) is 1.87. The molecule has 0 aliphatic heterocycles. The summed E-state index contributed by atoms with van der Waals surface area (Å²) in [5.41, 5.74) is 7.88. The maximum absolute atomic E-state index is 6.06. The summed E-state index contributed by atoms with van der Waals surface area (Å²) in [4.78, 5) is 7.94. The Kier molecular flexibility index (Phi) is 3.99. The first-order valence-corrected chi connectivity index (χ1v) is 6.21. The van der Waals surface area contributed by atoms with Gasteiger partial charge in [-0.05, 0) is 18.1 Å². The number of halogens is 1. The summed E-state index contributed by atoms with van der Waals surface area (Å²) < 4.78 is 0. The van der Waals surface area contributed by atoms with Crippen molar-refractivity contribution in [1.29, 1.82) is 0 Å². The van der Waals surface area contributed by atoms with Gasteiger partial charge in [0.25, 0.3) is 0 Å². The highest BCUT2D eigenvalue weighted by Gasteiger charge is 2.08. The van der Waals surface area contributed by atoms with Crippen molar-refractivity contribution >= 4 is 28.9 Å². The molecular formula is C13H15ClN4. The van der Waals surface area contributed by atoms with Gasteiger partial charge in [-0.2, -0.15) is 0 Å². The molecule has 0 bridgehead atoms. The van der Waals surface area contributed by atoms with E-state index in [-0.39, 0.29) is 5.82 Å². The Labute approximate surface area is 111 Å². The van der Waals surface area contributed by atoms with Gasteiger partial charge in [0.05, 0.1) is 0 Å². The van der Waals surface area contributed by atoms with E-state index < -0.39 is 0 Å². The molecule has 0 aliphatic rings. The van der Waals surface area contributed by atoms with Gasteiger partial charge in [-0.25, -0.2) is 9.97 Å². The Morgan fingerprint density at radius 2 is 2.06 bits per heavy atom. The summed E-state index contributed by atoms with van der Waals surface area (Å²) in [7, 11) is 0. The fraction of sp³-hybridized carbons (Fsp3) is 0.231. The van der Waals surface area contributed by atoms with Crippen LogP contribution in [0.2, 0.25) is 5.02 Å². The number of nitrogens with zero attached hydrogens (tertiary/aromatic N) is 2. The second-order valence-electron chi connectivity index (χ2n) is 3.95. The van der Waals surface area contributed by atoms with Crippen molar-refractivity contribution in [1.82, 2.24) is 9.97 Å². The topological polar surface area (TPSA) is 63.8 Å². The molecule has 0 spiro atoms. The van der Waals surface area contributed by atoms with Crippen molar-refractivity contribution < 1.29 is 0 Å². The van der Waals surface area contributed by atoms with Crippen LogP contribution in [-0.2, 0) is 6.42 Å². The number of aromatic nitrogens is 2. The van der Waals surface area contributed by atoms with Crippen molar-refractivity contribution in [3.63, 3.8) is 0 Å². The number of para-hydroxylation sites is 1. The third-order valence-electron chi connectivity index (χ3n) is 2.61. The van der Waals surface area contributed by atoms with E-state index in [4.69, 9.17) is 17.3 Å². The minimum Gasteiger partial charge on any atom is -0.382 e. The Balaban J connectivity index is 2.31. The van der Waals surface area contributed by atoms with Crippen molar-refractivity contribution in [3.8, 4) is 0 Å². The molecule has 4 nitrogen and oxygen atoms in total. The lowest BCUT2D eigenvalue weighted by Crippen LogP contribution is -2.01. The lowest BCUT2D eigenvalue weighted by molar-refractivity contribution is 0.923. The SMILES string of the molecule is CCCc1ccccc1Nc1ncnc(N)c1Cl. The largest absolute Gasteiger partial charge is 0.382 e. The van der Waals surface area contributed by atoms with Crippen LogP contribution in [0.15, 0.2) is 30.6 Å². The van der Waals surface area contributed by atoms with Crippen LogP contribution < -0.4 is 11.1 Å². The molecule has 5 heteroatoms. The molecule has 0 saturated heterocycles. The van der Waals surface area contributed by atoms with Gasteiger partial charge in [-0.15, -0.1) is 0 Å². The first-order valence-electron chi connectivity index (χ1n) is 5.83. The standard InChI is InChI=1S/C13H15ClN4/c1-2-5-9-6-3-4-7-10(9)18-13-11(14)12(15)16-8-17-13/h3-4,6-8H,2,5H2,1H3,(H3,15,16,17,18). The fourth-order valence-electron chi connectivity index (χ4n) is 1.73. The second-order valence-corrected chi connectivity index (χ2v) is 4.33. The van der Waals surface area contributed by atoms with Gasteiger partial charge >= 0.3 is 0 Å². The summed E-state index contributed by atoms with van der Waals surface area (Å²) >= 11 is 6.06. The number of aryl methyl sites for hydroxylation is 1. The average molecular weight is 263 g/mol. The number of hydrogen-bond acceptors (Lipinski definition) is 4. The zero-order chi connectivity index (χ0) is 13.0. The van der Waals surface area contributed by atoms with E-state index in [9.17, 15) is 0 Å². The van der Waals surface area contributed by atoms with Gasteiger partial charge in [-0.3, -0.25) is 0 Å². The minimum absolute atomic E-state index is 0.280. The maximum Gasteiger partial charge on any atom is 0.154 e. The van der Waals surface area contributed by atoms with Crippen LogP contribution in [0.5, 0.6) is 0 Å². The molecule has 3 N–H and O–H groups in total. The van der Waals surface area contributed by atoms with Gasteiger partial charge < -0.3 is 11.1 Å². The maximum atomic E-state index is 6.06.